The average molecular weight is 439 g/mol. The molecule has 0 fully saturated rings. The third-order valence-corrected chi connectivity index (χ3v) is 6.90. The second-order valence-electron chi connectivity index (χ2n) is 7.82. The van der Waals surface area contributed by atoms with Crippen molar-refractivity contribution in [2.24, 2.45) is 0 Å². The molecule has 0 amide bonds. The Hall–Kier alpha value is -3.83. The topological polar surface area (TPSA) is 62.0 Å². The molecule has 1 heterocycles. The van der Waals surface area contributed by atoms with E-state index in [0.29, 0.717) is 5.69 Å². The van der Waals surface area contributed by atoms with Crippen molar-refractivity contribution in [1.29, 1.82) is 0 Å². The molecule has 0 spiro atoms. The number of anilines is 1. The van der Waals surface area contributed by atoms with E-state index < -0.39 is 10.0 Å². The van der Waals surface area contributed by atoms with Gasteiger partial charge in [-0.2, -0.15) is 0 Å². The lowest BCUT2D eigenvalue weighted by Gasteiger charge is -2.09. The summed E-state index contributed by atoms with van der Waals surface area (Å²) < 4.78 is 29.0. The van der Waals surface area contributed by atoms with E-state index in [1.165, 1.54) is 0 Å². The van der Waals surface area contributed by atoms with Gasteiger partial charge in [0.05, 0.1) is 16.3 Å². The minimum Gasteiger partial charge on any atom is -0.353 e. The van der Waals surface area contributed by atoms with Gasteiger partial charge in [-0.05, 0) is 47.5 Å². The quantitative estimate of drug-likeness (QED) is 0.324. The van der Waals surface area contributed by atoms with Crippen LogP contribution in [-0.2, 0) is 10.0 Å². The molecule has 0 aliphatic heterocycles. The van der Waals surface area contributed by atoms with Crippen LogP contribution in [0.3, 0.4) is 0 Å². The second kappa shape index (κ2) is 8.02. The number of nitrogens with one attached hydrogen (secondary N) is 2. The van der Waals surface area contributed by atoms with Crippen LogP contribution in [0.5, 0.6) is 0 Å². The van der Waals surface area contributed by atoms with Gasteiger partial charge in [-0.25, -0.2) is 8.42 Å². The number of aromatic nitrogens is 1. The Morgan fingerprint density at radius 3 is 2.12 bits per heavy atom. The molecule has 4 aromatic carbocycles. The first kappa shape index (κ1) is 20.1. The van der Waals surface area contributed by atoms with Crippen molar-refractivity contribution >= 4 is 26.5 Å². The minimum absolute atomic E-state index is 0.232. The van der Waals surface area contributed by atoms with E-state index >= 15 is 0 Å². The number of aryl methyl sites for hydroxylation is 1. The van der Waals surface area contributed by atoms with Crippen LogP contribution >= 0.6 is 0 Å². The first-order chi connectivity index (χ1) is 15.5. The molecule has 5 rings (SSSR count). The van der Waals surface area contributed by atoms with Crippen molar-refractivity contribution in [3.63, 3.8) is 0 Å². The molecule has 0 aliphatic rings. The van der Waals surface area contributed by atoms with Gasteiger partial charge in [-0.15, -0.1) is 0 Å². The molecule has 0 atom stereocenters. The standard InChI is InChI=1S/C27H22N2O2S/c1-19-11-15-24(16-12-19)32(30,31)29-26-18-25(28-27(26)21-8-3-2-4-9-21)23-14-13-20-7-5-6-10-22(20)17-23/h2-18,28-29H,1H3. The second-order valence-corrected chi connectivity index (χ2v) is 9.50. The van der Waals surface area contributed by atoms with Crippen molar-refractivity contribution in [3.05, 3.63) is 109 Å². The van der Waals surface area contributed by atoms with Crippen LogP contribution in [0.2, 0.25) is 0 Å². The lowest BCUT2D eigenvalue weighted by Crippen LogP contribution is -2.13. The number of hydrogen-bond acceptors (Lipinski definition) is 2. The summed E-state index contributed by atoms with van der Waals surface area (Å²) in [6.07, 6.45) is 0. The van der Waals surface area contributed by atoms with Crippen molar-refractivity contribution in [3.8, 4) is 22.5 Å². The largest absolute Gasteiger partial charge is 0.353 e. The number of benzene rings is 4. The van der Waals surface area contributed by atoms with E-state index in [1.807, 2.05) is 61.5 Å². The smallest absolute Gasteiger partial charge is 0.261 e. The molecule has 5 aromatic rings. The SMILES string of the molecule is Cc1ccc(S(=O)(=O)Nc2cc(-c3ccc4ccccc4c3)[nH]c2-c2ccccc2)cc1. The molecule has 4 nitrogen and oxygen atoms in total. The van der Waals surface area contributed by atoms with E-state index in [-0.39, 0.29) is 4.90 Å². The fraction of sp³-hybridized carbons (Fsp3) is 0.0370. The number of sulfonamides is 1. The van der Waals surface area contributed by atoms with Crippen LogP contribution in [0.1, 0.15) is 5.56 Å². The molecular weight excluding hydrogens is 416 g/mol. The number of hydrogen-bond donors (Lipinski definition) is 2. The highest BCUT2D eigenvalue weighted by Gasteiger charge is 2.19. The summed E-state index contributed by atoms with van der Waals surface area (Å²) in [4.78, 5) is 3.67. The van der Waals surface area contributed by atoms with Gasteiger partial charge < -0.3 is 4.98 Å². The molecular formula is C27H22N2O2S. The summed E-state index contributed by atoms with van der Waals surface area (Å²) >= 11 is 0. The molecule has 0 radical (unpaired) electrons. The number of rotatable bonds is 5. The van der Waals surface area contributed by atoms with Crippen molar-refractivity contribution in [2.45, 2.75) is 11.8 Å². The van der Waals surface area contributed by atoms with Gasteiger partial charge in [0.15, 0.2) is 0 Å². The predicted molar refractivity (Wildman–Crippen MR) is 131 cm³/mol. The normalized spacial score (nSPS) is 11.5. The zero-order valence-electron chi connectivity index (χ0n) is 17.5. The maximum absolute atomic E-state index is 13.1. The maximum atomic E-state index is 13.1. The van der Waals surface area contributed by atoms with E-state index in [2.05, 4.69) is 34.0 Å². The third kappa shape index (κ3) is 3.90. The van der Waals surface area contributed by atoms with Gasteiger partial charge in [0.2, 0.25) is 0 Å². The van der Waals surface area contributed by atoms with Crippen molar-refractivity contribution < 1.29 is 8.42 Å². The van der Waals surface area contributed by atoms with E-state index in [4.69, 9.17) is 0 Å². The van der Waals surface area contributed by atoms with E-state index in [0.717, 1.165) is 38.9 Å². The fourth-order valence-corrected chi connectivity index (χ4v) is 4.86. The molecule has 158 valence electrons. The summed E-state index contributed by atoms with van der Waals surface area (Å²) in [6, 6.07) is 32.8. The summed E-state index contributed by atoms with van der Waals surface area (Å²) in [7, 11) is -3.73. The Bertz CT molecular complexity index is 1500. The van der Waals surface area contributed by atoms with E-state index in [9.17, 15) is 8.42 Å². The van der Waals surface area contributed by atoms with Gasteiger partial charge in [-0.3, -0.25) is 4.72 Å². The Balaban J connectivity index is 1.61. The van der Waals surface area contributed by atoms with Crippen LogP contribution in [0.25, 0.3) is 33.3 Å². The predicted octanol–water partition coefficient (Wildman–Crippen LogP) is 6.61. The van der Waals surface area contributed by atoms with Gasteiger partial charge in [0.1, 0.15) is 0 Å². The summed E-state index contributed by atoms with van der Waals surface area (Å²) in [5.41, 5.74) is 4.98. The fourth-order valence-electron chi connectivity index (χ4n) is 3.80. The molecule has 5 heteroatoms. The Labute approximate surface area is 187 Å². The summed E-state index contributed by atoms with van der Waals surface area (Å²) in [5.74, 6) is 0. The zero-order valence-corrected chi connectivity index (χ0v) is 18.4. The first-order valence-electron chi connectivity index (χ1n) is 10.4. The van der Waals surface area contributed by atoms with Crippen molar-refractivity contribution in [1.82, 2.24) is 4.98 Å². The van der Waals surface area contributed by atoms with Crippen LogP contribution in [0.4, 0.5) is 5.69 Å². The van der Waals surface area contributed by atoms with Crippen LogP contribution < -0.4 is 4.72 Å². The highest BCUT2D eigenvalue weighted by Crippen LogP contribution is 2.35. The highest BCUT2D eigenvalue weighted by molar-refractivity contribution is 7.92. The molecule has 32 heavy (non-hydrogen) atoms. The molecule has 0 unspecified atom stereocenters. The molecule has 2 N–H and O–H groups in total. The Morgan fingerprint density at radius 2 is 1.38 bits per heavy atom. The van der Waals surface area contributed by atoms with Gasteiger partial charge in [-0.1, -0.05) is 84.4 Å². The number of fused-ring (bicyclic) bond motifs is 1. The van der Waals surface area contributed by atoms with Crippen molar-refractivity contribution in [2.75, 3.05) is 4.72 Å². The maximum Gasteiger partial charge on any atom is 0.261 e. The highest BCUT2D eigenvalue weighted by atomic mass is 32.2. The first-order valence-corrected chi connectivity index (χ1v) is 11.8. The Morgan fingerprint density at radius 1 is 0.688 bits per heavy atom. The van der Waals surface area contributed by atoms with Gasteiger partial charge in [0, 0.05) is 11.3 Å². The van der Waals surface area contributed by atoms with Crippen LogP contribution in [0.15, 0.2) is 108 Å². The zero-order chi connectivity index (χ0) is 22.1. The number of aromatic amines is 1. The molecule has 0 saturated carbocycles. The molecule has 0 saturated heterocycles. The van der Waals surface area contributed by atoms with Gasteiger partial charge >= 0.3 is 0 Å². The molecule has 0 aliphatic carbocycles. The van der Waals surface area contributed by atoms with Crippen LogP contribution in [0, 0.1) is 6.92 Å². The third-order valence-electron chi connectivity index (χ3n) is 5.52. The average Bonchev–Trinajstić information content (AvgIpc) is 3.22. The Kier molecular flexibility index (Phi) is 5.04. The summed E-state index contributed by atoms with van der Waals surface area (Å²) in [5, 5.41) is 2.29. The molecule has 0 bridgehead atoms. The minimum atomic E-state index is -3.73. The lowest BCUT2D eigenvalue weighted by molar-refractivity contribution is 0.601. The van der Waals surface area contributed by atoms with E-state index in [1.54, 1.807) is 24.3 Å². The monoisotopic (exact) mass is 438 g/mol. The molecule has 1 aromatic heterocycles. The lowest BCUT2D eigenvalue weighted by atomic mass is 10.1. The number of H-pyrrole nitrogens is 1. The summed E-state index contributed by atoms with van der Waals surface area (Å²) in [6.45, 7) is 1.93. The van der Waals surface area contributed by atoms with Crippen LogP contribution in [-0.4, -0.2) is 13.4 Å². The van der Waals surface area contributed by atoms with Gasteiger partial charge in [0.25, 0.3) is 10.0 Å².